The lowest BCUT2D eigenvalue weighted by molar-refractivity contribution is -0.137. The van der Waals surface area contributed by atoms with Crippen LogP contribution in [0.1, 0.15) is 11.3 Å². The first-order chi connectivity index (χ1) is 15.2. The molecule has 0 N–H and O–H groups in total. The van der Waals surface area contributed by atoms with Crippen molar-refractivity contribution >= 4 is 57.6 Å². The standard InChI is InChI=1S/C22H13ClF3NO3S2/c1-29-18-7-5-14(10-16(18)23)27-20(28)19(32-21(27)31)11-15-6-8-17(30-15)12-3-2-4-13(9-12)22(24,25)26/h2-11H,1H3/b19-11+. The van der Waals surface area contributed by atoms with Gasteiger partial charge < -0.3 is 9.15 Å². The Morgan fingerprint density at radius 1 is 1.16 bits per heavy atom. The number of carbonyl (C=O) groups is 1. The first kappa shape index (κ1) is 22.4. The molecule has 0 unspecified atom stereocenters. The normalized spacial score (nSPS) is 15.7. The molecule has 0 radical (unpaired) electrons. The average molecular weight is 496 g/mol. The number of carbonyl (C=O) groups excluding carboxylic acids is 1. The number of methoxy groups -OCH3 is 1. The Balaban J connectivity index is 1.59. The highest BCUT2D eigenvalue weighted by atomic mass is 35.5. The lowest BCUT2D eigenvalue weighted by Crippen LogP contribution is -2.27. The molecule has 164 valence electrons. The Hall–Kier alpha value is -2.75. The molecule has 10 heteroatoms. The van der Waals surface area contributed by atoms with Gasteiger partial charge in [0.25, 0.3) is 5.91 Å². The SMILES string of the molecule is COc1ccc(N2C(=O)/C(=C\c3ccc(-c4cccc(C(F)(F)F)c4)o3)SC2=S)cc1Cl. The predicted molar refractivity (Wildman–Crippen MR) is 123 cm³/mol. The molecule has 1 aliphatic heterocycles. The summed E-state index contributed by atoms with van der Waals surface area (Å²) in [5, 5.41) is 0.333. The van der Waals surface area contributed by atoms with Gasteiger partial charge >= 0.3 is 6.18 Å². The van der Waals surface area contributed by atoms with Crippen molar-refractivity contribution in [2.24, 2.45) is 0 Å². The Bertz CT molecular complexity index is 1250. The van der Waals surface area contributed by atoms with Crippen LogP contribution in [-0.2, 0) is 11.0 Å². The van der Waals surface area contributed by atoms with Crippen molar-refractivity contribution in [2.75, 3.05) is 12.0 Å². The van der Waals surface area contributed by atoms with Crippen LogP contribution in [-0.4, -0.2) is 17.3 Å². The molecule has 4 nitrogen and oxygen atoms in total. The third kappa shape index (κ3) is 4.41. The largest absolute Gasteiger partial charge is 0.495 e. The van der Waals surface area contributed by atoms with Crippen LogP contribution < -0.4 is 9.64 Å². The van der Waals surface area contributed by atoms with E-state index in [1.54, 1.807) is 30.3 Å². The summed E-state index contributed by atoms with van der Waals surface area (Å²) in [7, 11) is 1.49. The summed E-state index contributed by atoms with van der Waals surface area (Å²) >= 11 is 12.6. The number of ether oxygens (including phenoxy) is 1. The molecule has 0 spiro atoms. The van der Waals surface area contributed by atoms with E-state index in [1.807, 2.05) is 0 Å². The minimum absolute atomic E-state index is 0.250. The van der Waals surface area contributed by atoms with Crippen molar-refractivity contribution in [1.29, 1.82) is 0 Å². The fourth-order valence-electron chi connectivity index (χ4n) is 3.05. The number of nitrogens with zero attached hydrogens (tertiary/aromatic N) is 1. The van der Waals surface area contributed by atoms with Gasteiger partial charge in [-0.25, -0.2) is 0 Å². The van der Waals surface area contributed by atoms with Crippen LogP contribution >= 0.6 is 35.6 Å². The molecule has 1 aliphatic rings. The molecule has 32 heavy (non-hydrogen) atoms. The van der Waals surface area contributed by atoms with Gasteiger partial charge in [0.15, 0.2) is 4.32 Å². The van der Waals surface area contributed by atoms with Crippen LogP contribution in [0.5, 0.6) is 5.75 Å². The second-order valence-electron chi connectivity index (χ2n) is 6.62. The number of halogens is 4. The summed E-state index contributed by atoms with van der Waals surface area (Å²) in [5.41, 5.74) is -0.00216. The topological polar surface area (TPSA) is 42.7 Å². The minimum atomic E-state index is -4.45. The van der Waals surface area contributed by atoms with Crippen molar-refractivity contribution in [3.63, 3.8) is 0 Å². The van der Waals surface area contributed by atoms with E-state index < -0.39 is 11.7 Å². The minimum Gasteiger partial charge on any atom is -0.495 e. The van der Waals surface area contributed by atoms with Gasteiger partial charge in [0.1, 0.15) is 17.3 Å². The molecule has 1 amide bonds. The number of benzene rings is 2. The van der Waals surface area contributed by atoms with Gasteiger partial charge in [-0.2, -0.15) is 13.2 Å². The van der Waals surface area contributed by atoms with Crippen molar-refractivity contribution in [2.45, 2.75) is 6.18 Å². The Morgan fingerprint density at radius 3 is 2.62 bits per heavy atom. The maximum absolute atomic E-state index is 13.0. The molecule has 1 fully saturated rings. The van der Waals surface area contributed by atoms with Gasteiger partial charge in [0.05, 0.1) is 28.3 Å². The van der Waals surface area contributed by atoms with Crippen LogP contribution in [0, 0.1) is 0 Å². The lowest BCUT2D eigenvalue weighted by atomic mass is 10.1. The van der Waals surface area contributed by atoms with E-state index in [9.17, 15) is 18.0 Å². The van der Waals surface area contributed by atoms with Gasteiger partial charge in [0, 0.05) is 11.6 Å². The second-order valence-corrected chi connectivity index (χ2v) is 8.70. The summed E-state index contributed by atoms with van der Waals surface area (Å²) in [6, 6.07) is 12.8. The van der Waals surface area contributed by atoms with Gasteiger partial charge in [-0.15, -0.1) is 0 Å². The maximum Gasteiger partial charge on any atom is 0.416 e. The van der Waals surface area contributed by atoms with Gasteiger partial charge in [0.2, 0.25) is 0 Å². The van der Waals surface area contributed by atoms with E-state index in [4.69, 9.17) is 33.0 Å². The zero-order valence-electron chi connectivity index (χ0n) is 16.3. The van der Waals surface area contributed by atoms with E-state index in [0.717, 1.165) is 23.9 Å². The highest BCUT2D eigenvalue weighted by Gasteiger charge is 2.34. The first-order valence-electron chi connectivity index (χ1n) is 9.06. The monoisotopic (exact) mass is 495 g/mol. The first-order valence-corrected chi connectivity index (χ1v) is 10.7. The fraction of sp³-hybridized carbons (Fsp3) is 0.0909. The third-order valence-electron chi connectivity index (χ3n) is 4.56. The molecule has 4 rings (SSSR count). The number of hydrogen-bond acceptors (Lipinski definition) is 5. The molecule has 3 aromatic rings. The van der Waals surface area contributed by atoms with Crippen molar-refractivity contribution in [3.8, 4) is 17.1 Å². The highest BCUT2D eigenvalue weighted by Crippen LogP contribution is 2.39. The average Bonchev–Trinajstić information content (AvgIpc) is 3.32. The molecule has 1 aromatic heterocycles. The van der Waals surface area contributed by atoms with E-state index in [-0.39, 0.29) is 17.2 Å². The summed E-state index contributed by atoms with van der Waals surface area (Å²) in [6.07, 6.45) is -2.95. The van der Waals surface area contributed by atoms with Crippen molar-refractivity contribution in [1.82, 2.24) is 0 Å². The maximum atomic E-state index is 13.0. The van der Waals surface area contributed by atoms with Crippen molar-refractivity contribution in [3.05, 3.63) is 75.8 Å². The molecule has 0 aliphatic carbocycles. The van der Waals surface area contributed by atoms with E-state index in [2.05, 4.69) is 0 Å². The van der Waals surface area contributed by atoms with E-state index in [0.29, 0.717) is 31.4 Å². The molecule has 2 aromatic carbocycles. The summed E-state index contributed by atoms with van der Waals surface area (Å²) in [4.78, 5) is 14.6. The quantitative estimate of drug-likeness (QED) is 0.287. The Kier molecular flexibility index (Phi) is 6.07. The Morgan fingerprint density at radius 2 is 1.94 bits per heavy atom. The van der Waals surface area contributed by atoms with Crippen LogP contribution in [0.3, 0.4) is 0 Å². The summed E-state index contributed by atoms with van der Waals surface area (Å²) in [6.45, 7) is 0. The number of hydrogen-bond donors (Lipinski definition) is 0. The zero-order chi connectivity index (χ0) is 23.0. The number of thioether (sulfide) groups is 1. The van der Waals surface area contributed by atoms with Gasteiger partial charge in [-0.1, -0.05) is 47.7 Å². The molecule has 2 heterocycles. The number of furan rings is 1. The summed E-state index contributed by atoms with van der Waals surface area (Å²) in [5.74, 6) is 0.665. The third-order valence-corrected chi connectivity index (χ3v) is 6.16. The van der Waals surface area contributed by atoms with Crippen LogP contribution in [0.4, 0.5) is 18.9 Å². The lowest BCUT2D eigenvalue weighted by Gasteiger charge is -2.15. The molecule has 0 saturated carbocycles. The fourth-order valence-corrected chi connectivity index (χ4v) is 4.58. The number of alkyl halides is 3. The number of thiocarbonyl (C=S) groups is 1. The van der Waals surface area contributed by atoms with E-state index >= 15 is 0 Å². The summed E-state index contributed by atoms with van der Waals surface area (Å²) < 4.78 is 50.0. The van der Waals surface area contributed by atoms with E-state index in [1.165, 1.54) is 30.2 Å². The second kappa shape index (κ2) is 8.65. The van der Waals surface area contributed by atoms with Crippen LogP contribution in [0.15, 0.2) is 63.9 Å². The molecular formula is C22H13ClF3NO3S2. The highest BCUT2D eigenvalue weighted by molar-refractivity contribution is 8.27. The molecular weight excluding hydrogens is 483 g/mol. The molecule has 0 bridgehead atoms. The van der Waals surface area contributed by atoms with Gasteiger partial charge in [-0.05, 0) is 42.5 Å². The zero-order valence-corrected chi connectivity index (χ0v) is 18.7. The van der Waals surface area contributed by atoms with Crippen LogP contribution in [0.25, 0.3) is 17.4 Å². The smallest absolute Gasteiger partial charge is 0.416 e. The Labute approximate surface area is 195 Å². The number of amides is 1. The molecule has 0 atom stereocenters. The number of rotatable bonds is 4. The predicted octanol–water partition coefficient (Wildman–Crippen LogP) is 7.03. The van der Waals surface area contributed by atoms with Crippen LogP contribution in [0.2, 0.25) is 5.02 Å². The van der Waals surface area contributed by atoms with Gasteiger partial charge in [-0.3, -0.25) is 9.69 Å². The van der Waals surface area contributed by atoms with Crippen molar-refractivity contribution < 1.29 is 27.1 Å². The number of anilines is 1. The molecule has 1 saturated heterocycles.